The van der Waals surface area contributed by atoms with Gasteiger partial charge in [0.1, 0.15) is 5.82 Å². The van der Waals surface area contributed by atoms with Crippen LogP contribution in [-0.4, -0.2) is 9.97 Å². The van der Waals surface area contributed by atoms with E-state index in [2.05, 4.69) is 15.3 Å². The maximum atomic E-state index is 6.23. The summed E-state index contributed by atoms with van der Waals surface area (Å²) in [6.45, 7) is 3.88. The fourth-order valence-corrected chi connectivity index (χ4v) is 2.46. The summed E-state index contributed by atoms with van der Waals surface area (Å²) in [5.41, 5.74) is 15.8. The maximum Gasteiger partial charge on any atom is 0.155 e. The van der Waals surface area contributed by atoms with Gasteiger partial charge in [-0.25, -0.2) is 9.97 Å². The Hall–Kier alpha value is -2.53. The number of anilines is 4. The minimum Gasteiger partial charge on any atom is -0.398 e. The van der Waals surface area contributed by atoms with Gasteiger partial charge < -0.3 is 16.8 Å². The number of nitrogens with one attached hydrogen (secondary N) is 1. The molecule has 0 bridgehead atoms. The number of hydrogen-bond donors (Lipinski definition) is 3. The van der Waals surface area contributed by atoms with Crippen molar-refractivity contribution in [2.24, 2.45) is 0 Å². The molecular weight excluding hydrogens is 298 g/mol. The largest absolute Gasteiger partial charge is 0.398 e. The van der Waals surface area contributed by atoms with Gasteiger partial charge in [-0.05, 0) is 49.2 Å². The van der Waals surface area contributed by atoms with Crippen LogP contribution in [0.15, 0.2) is 30.5 Å². The Balaban J connectivity index is 2.13. The van der Waals surface area contributed by atoms with Crippen LogP contribution in [0.2, 0.25) is 5.02 Å². The van der Waals surface area contributed by atoms with Crippen LogP contribution < -0.4 is 16.8 Å². The minimum atomic E-state index is 0.553. The molecule has 0 aliphatic heterocycles. The molecule has 0 aliphatic rings. The molecule has 2 aromatic heterocycles. The molecule has 6 heteroatoms. The highest BCUT2D eigenvalue weighted by molar-refractivity contribution is 6.35. The fraction of sp³-hybridized carbons (Fsp3) is 0.125. The Labute approximate surface area is 133 Å². The Morgan fingerprint density at radius 1 is 1.05 bits per heavy atom. The molecule has 0 amide bonds. The molecule has 0 atom stereocenters. The Morgan fingerprint density at radius 2 is 1.82 bits per heavy atom. The molecule has 0 saturated carbocycles. The number of nitrogens with zero attached hydrogens (tertiary/aromatic N) is 2. The zero-order valence-corrected chi connectivity index (χ0v) is 13.1. The van der Waals surface area contributed by atoms with Crippen LogP contribution in [0, 0.1) is 13.8 Å². The first-order valence-electron chi connectivity index (χ1n) is 6.81. The second-order valence-corrected chi connectivity index (χ2v) is 5.61. The minimum absolute atomic E-state index is 0.553. The number of benzene rings is 1. The predicted octanol–water partition coefficient (Wildman–Crippen LogP) is 3.81. The van der Waals surface area contributed by atoms with Crippen LogP contribution in [0.5, 0.6) is 0 Å². The quantitative estimate of drug-likeness (QED) is 0.626. The van der Waals surface area contributed by atoms with E-state index >= 15 is 0 Å². The first-order valence-corrected chi connectivity index (χ1v) is 7.18. The lowest BCUT2D eigenvalue weighted by atomic mass is 10.1. The lowest BCUT2D eigenvalue weighted by Crippen LogP contribution is -2.04. The van der Waals surface area contributed by atoms with Gasteiger partial charge in [-0.15, -0.1) is 0 Å². The molecule has 0 saturated heterocycles. The van der Waals surface area contributed by atoms with Crippen LogP contribution in [0.3, 0.4) is 0 Å². The van der Waals surface area contributed by atoms with Gasteiger partial charge in [-0.3, -0.25) is 0 Å². The smallest absolute Gasteiger partial charge is 0.155 e. The molecule has 1 aromatic carbocycles. The highest BCUT2D eigenvalue weighted by atomic mass is 35.5. The van der Waals surface area contributed by atoms with Gasteiger partial charge in [-0.2, -0.15) is 0 Å². The lowest BCUT2D eigenvalue weighted by molar-refractivity contribution is 1.24. The highest BCUT2D eigenvalue weighted by Crippen LogP contribution is 2.31. The second-order valence-electron chi connectivity index (χ2n) is 5.20. The number of nitrogen functional groups attached to an aromatic ring is 2. The maximum absolute atomic E-state index is 6.23. The summed E-state index contributed by atoms with van der Waals surface area (Å²) in [5, 5.41) is 4.56. The van der Waals surface area contributed by atoms with E-state index in [0.29, 0.717) is 33.5 Å². The summed E-state index contributed by atoms with van der Waals surface area (Å²) in [4.78, 5) is 8.84. The Bertz CT molecular complexity index is 876. The summed E-state index contributed by atoms with van der Waals surface area (Å²) in [5.74, 6) is 1.24. The fourth-order valence-electron chi connectivity index (χ4n) is 2.26. The molecule has 5 nitrogen and oxygen atoms in total. The van der Waals surface area contributed by atoms with Crippen molar-refractivity contribution in [2.45, 2.75) is 13.8 Å². The molecule has 2 heterocycles. The molecule has 0 aliphatic carbocycles. The Morgan fingerprint density at radius 3 is 2.59 bits per heavy atom. The number of pyridine rings is 2. The van der Waals surface area contributed by atoms with Gasteiger partial charge in [-0.1, -0.05) is 11.6 Å². The number of aryl methyl sites for hydroxylation is 2. The van der Waals surface area contributed by atoms with Crippen LogP contribution in [0.1, 0.15) is 11.1 Å². The monoisotopic (exact) mass is 313 g/mol. The normalized spacial score (nSPS) is 10.9. The van der Waals surface area contributed by atoms with Crippen molar-refractivity contribution < 1.29 is 0 Å². The van der Waals surface area contributed by atoms with E-state index in [9.17, 15) is 0 Å². The third-order valence-corrected chi connectivity index (χ3v) is 3.91. The number of nitrogens with two attached hydrogens (primary N) is 2. The highest BCUT2D eigenvalue weighted by Gasteiger charge is 2.11. The van der Waals surface area contributed by atoms with Crippen LogP contribution in [0.4, 0.5) is 23.0 Å². The zero-order valence-electron chi connectivity index (χ0n) is 12.3. The van der Waals surface area contributed by atoms with Gasteiger partial charge >= 0.3 is 0 Å². The molecule has 3 aromatic rings. The van der Waals surface area contributed by atoms with Crippen molar-refractivity contribution in [2.75, 3.05) is 16.8 Å². The van der Waals surface area contributed by atoms with Crippen molar-refractivity contribution in [1.82, 2.24) is 9.97 Å². The summed E-state index contributed by atoms with van der Waals surface area (Å²) in [7, 11) is 0. The summed E-state index contributed by atoms with van der Waals surface area (Å²) >= 11 is 6.23. The topological polar surface area (TPSA) is 89.8 Å². The average molecular weight is 314 g/mol. The lowest BCUT2D eigenvalue weighted by Gasteiger charge is -2.13. The SMILES string of the molecule is Cc1cc2c(N)ccc(Cl)c2nc1Nc1nccc(C)c1N. The third kappa shape index (κ3) is 2.40. The van der Waals surface area contributed by atoms with Crippen molar-refractivity contribution in [3.05, 3.63) is 46.6 Å². The number of rotatable bonds is 2. The van der Waals surface area contributed by atoms with E-state index in [1.54, 1.807) is 18.3 Å². The number of halogens is 1. The van der Waals surface area contributed by atoms with Crippen molar-refractivity contribution >= 4 is 45.5 Å². The Kier molecular flexibility index (Phi) is 3.50. The first kappa shape index (κ1) is 14.4. The first-order chi connectivity index (χ1) is 10.5. The number of aromatic nitrogens is 2. The second kappa shape index (κ2) is 5.35. The third-order valence-electron chi connectivity index (χ3n) is 3.60. The van der Waals surface area contributed by atoms with Gasteiger partial charge in [0.05, 0.1) is 16.2 Å². The van der Waals surface area contributed by atoms with Gasteiger partial charge in [0.25, 0.3) is 0 Å². The van der Waals surface area contributed by atoms with E-state index in [1.807, 2.05) is 26.0 Å². The van der Waals surface area contributed by atoms with Gasteiger partial charge in [0, 0.05) is 17.3 Å². The van der Waals surface area contributed by atoms with Crippen molar-refractivity contribution in [1.29, 1.82) is 0 Å². The van der Waals surface area contributed by atoms with Crippen LogP contribution in [-0.2, 0) is 0 Å². The molecule has 0 radical (unpaired) electrons. The zero-order chi connectivity index (χ0) is 15.9. The molecule has 0 spiro atoms. The number of fused-ring (bicyclic) bond motifs is 1. The summed E-state index contributed by atoms with van der Waals surface area (Å²) in [6, 6.07) is 7.33. The standard InChI is InChI=1S/C16H16ClN5/c1-8-5-6-20-16(13(8)19)22-15-9(2)7-10-12(18)4-3-11(17)14(10)21-15/h3-7H,18-19H2,1-2H3,(H,20,21,22). The van der Waals surface area contributed by atoms with Crippen LogP contribution in [0.25, 0.3) is 10.9 Å². The molecule has 22 heavy (non-hydrogen) atoms. The van der Waals surface area contributed by atoms with Crippen LogP contribution >= 0.6 is 11.6 Å². The van der Waals surface area contributed by atoms with Gasteiger partial charge in [0.15, 0.2) is 5.82 Å². The predicted molar refractivity (Wildman–Crippen MR) is 92.6 cm³/mol. The molecule has 5 N–H and O–H groups in total. The molecule has 0 fully saturated rings. The molecule has 0 unspecified atom stereocenters. The number of hydrogen-bond acceptors (Lipinski definition) is 5. The van der Waals surface area contributed by atoms with E-state index in [0.717, 1.165) is 16.5 Å². The molecular formula is C16H16ClN5. The average Bonchev–Trinajstić information content (AvgIpc) is 2.49. The molecule has 112 valence electrons. The van der Waals surface area contributed by atoms with E-state index < -0.39 is 0 Å². The van der Waals surface area contributed by atoms with E-state index in [-0.39, 0.29) is 0 Å². The van der Waals surface area contributed by atoms with E-state index in [4.69, 9.17) is 23.1 Å². The summed E-state index contributed by atoms with van der Waals surface area (Å²) < 4.78 is 0. The van der Waals surface area contributed by atoms with Gasteiger partial charge in [0.2, 0.25) is 0 Å². The van der Waals surface area contributed by atoms with Crippen molar-refractivity contribution in [3.8, 4) is 0 Å². The summed E-state index contributed by atoms with van der Waals surface area (Å²) in [6.07, 6.45) is 1.70. The van der Waals surface area contributed by atoms with Crippen molar-refractivity contribution in [3.63, 3.8) is 0 Å². The van der Waals surface area contributed by atoms with E-state index in [1.165, 1.54) is 0 Å². The molecule has 3 rings (SSSR count).